The summed E-state index contributed by atoms with van der Waals surface area (Å²) in [6.45, 7) is 0. The fraction of sp³-hybridized carbons (Fsp3) is 0.412. The van der Waals surface area contributed by atoms with Crippen molar-refractivity contribution in [2.45, 2.75) is 37.6 Å². The number of hydrogen-bond acceptors (Lipinski definition) is 5. The molecule has 0 bridgehead atoms. The van der Waals surface area contributed by atoms with Crippen molar-refractivity contribution in [1.29, 1.82) is 0 Å². The van der Waals surface area contributed by atoms with Gasteiger partial charge >= 0.3 is 0 Å². The molecule has 2 saturated carbocycles. The van der Waals surface area contributed by atoms with Crippen LogP contribution in [0.25, 0.3) is 10.6 Å². The average molecular weight is 354 g/mol. The van der Waals surface area contributed by atoms with E-state index in [-0.39, 0.29) is 5.91 Å². The van der Waals surface area contributed by atoms with Crippen molar-refractivity contribution < 1.29 is 4.79 Å². The zero-order valence-electron chi connectivity index (χ0n) is 13.8. The van der Waals surface area contributed by atoms with Crippen molar-refractivity contribution in [3.05, 3.63) is 35.4 Å². The van der Waals surface area contributed by atoms with Crippen LogP contribution in [0.5, 0.6) is 0 Å². The molecule has 5 rings (SSSR count). The van der Waals surface area contributed by atoms with Crippen LogP contribution in [-0.4, -0.2) is 30.5 Å². The molecule has 1 amide bonds. The molecule has 3 aromatic rings. The Kier molecular flexibility index (Phi) is 3.27. The first-order valence-corrected chi connectivity index (χ1v) is 9.40. The van der Waals surface area contributed by atoms with Gasteiger partial charge in [0.25, 0.3) is 5.91 Å². The van der Waals surface area contributed by atoms with Crippen LogP contribution in [0, 0.1) is 0 Å². The highest BCUT2D eigenvalue weighted by atomic mass is 32.1. The van der Waals surface area contributed by atoms with Gasteiger partial charge in [0.2, 0.25) is 0 Å². The molecule has 0 unspecified atom stereocenters. The van der Waals surface area contributed by atoms with Crippen LogP contribution in [0.4, 0.5) is 5.69 Å². The van der Waals surface area contributed by atoms with Crippen molar-refractivity contribution in [2.75, 3.05) is 5.32 Å². The number of nitrogens with one attached hydrogen (secondary N) is 1. The molecule has 0 spiro atoms. The zero-order chi connectivity index (χ0) is 17.0. The fourth-order valence-electron chi connectivity index (χ4n) is 2.91. The molecular formula is C17H18N6OS. The highest BCUT2D eigenvalue weighted by molar-refractivity contribution is 7.13. The molecule has 25 heavy (non-hydrogen) atoms. The molecule has 128 valence electrons. The van der Waals surface area contributed by atoms with E-state index in [1.54, 1.807) is 16.3 Å². The van der Waals surface area contributed by atoms with Gasteiger partial charge in [-0.2, -0.15) is 10.2 Å². The van der Waals surface area contributed by atoms with Crippen LogP contribution < -0.4 is 5.32 Å². The number of aromatic nitrogens is 5. The van der Waals surface area contributed by atoms with Gasteiger partial charge in [-0.1, -0.05) is 0 Å². The van der Waals surface area contributed by atoms with E-state index in [0.717, 1.165) is 34.8 Å². The highest BCUT2D eigenvalue weighted by Crippen LogP contribution is 2.44. The summed E-state index contributed by atoms with van der Waals surface area (Å²) in [6.07, 6.45) is 10.3. The second-order valence-corrected chi connectivity index (χ2v) is 7.67. The summed E-state index contributed by atoms with van der Waals surface area (Å²) in [5, 5.41) is 14.5. The van der Waals surface area contributed by atoms with Crippen molar-refractivity contribution in [2.24, 2.45) is 7.05 Å². The number of anilines is 1. The number of nitrogens with zero attached hydrogens (tertiary/aromatic N) is 5. The van der Waals surface area contributed by atoms with Gasteiger partial charge in [0.15, 0.2) is 0 Å². The van der Waals surface area contributed by atoms with E-state index in [0.29, 0.717) is 17.7 Å². The molecule has 8 heteroatoms. The second kappa shape index (κ2) is 5.52. The minimum atomic E-state index is -0.177. The minimum absolute atomic E-state index is 0.177. The number of thiazole rings is 1. The number of amides is 1. The van der Waals surface area contributed by atoms with Gasteiger partial charge in [0.1, 0.15) is 10.7 Å². The van der Waals surface area contributed by atoms with Gasteiger partial charge in [0, 0.05) is 36.3 Å². The van der Waals surface area contributed by atoms with Crippen LogP contribution in [-0.2, 0) is 7.05 Å². The summed E-state index contributed by atoms with van der Waals surface area (Å²) in [4.78, 5) is 17.1. The van der Waals surface area contributed by atoms with Crippen molar-refractivity contribution >= 4 is 22.9 Å². The largest absolute Gasteiger partial charge is 0.318 e. The Morgan fingerprint density at radius 3 is 2.80 bits per heavy atom. The van der Waals surface area contributed by atoms with Crippen LogP contribution in [0.15, 0.2) is 24.0 Å². The lowest BCUT2D eigenvalue weighted by atomic mass is 10.2. The molecule has 2 aliphatic carbocycles. The van der Waals surface area contributed by atoms with Crippen LogP contribution in [0.2, 0.25) is 0 Å². The first-order valence-electron chi connectivity index (χ1n) is 8.52. The Bertz CT molecular complexity index is 946. The Morgan fingerprint density at radius 1 is 1.28 bits per heavy atom. The third-order valence-corrected chi connectivity index (χ3v) is 5.47. The molecule has 3 heterocycles. The Labute approximate surface area is 148 Å². The average Bonchev–Trinajstić information content (AvgIpc) is 3.49. The Hall–Kier alpha value is -2.48. The van der Waals surface area contributed by atoms with E-state index in [9.17, 15) is 4.79 Å². The number of carbonyl (C=O) groups is 1. The SMILES string of the molecule is Cn1cc(-c2nc(C(=O)Nc3cn(C4CC4)nc3C3CC3)cs2)cn1. The standard InChI is InChI=1S/C17H18N6OS/c1-22-7-11(6-18-22)17-20-14(9-25-17)16(24)19-13-8-23(12-4-5-12)21-15(13)10-2-3-10/h6-10,12H,2-5H2,1H3,(H,19,24). The monoisotopic (exact) mass is 354 g/mol. The Balaban J connectivity index is 1.37. The molecule has 0 saturated heterocycles. The van der Waals surface area contributed by atoms with Gasteiger partial charge in [0.05, 0.1) is 23.6 Å². The van der Waals surface area contributed by atoms with E-state index < -0.39 is 0 Å². The van der Waals surface area contributed by atoms with Crippen molar-refractivity contribution in [3.63, 3.8) is 0 Å². The predicted molar refractivity (Wildman–Crippen MR) is 94.7 cm³/mol. The third-order valence-electron chi connectivity index (χ3n) is 4.58. The topological polar surface area (TPSA) is 77.6 Å². The molecule has 2 aliphatic rings. The van der Waals surface area contributed by atoms with E-state index in [2.05, 4.69) is 15.4 Å². The van der Waals surface area contributed by atoms with Crippen LogP contribution in [0.1, 0.15) is 53.8 Å². The van der Waals surface area contributed by atoms with Gasteiger partial charge in [-0.15, -0.1) is 11.3 Å². The molecule has 0 atom stereocenters. The molecule has 3 aromatic heterocycles. The number of carbonyl (C=O) groups excluding carboxylic acids is 1. The summed E-state index contributed by atoms with van der Waals surface area (Å²) >= 11 is 1.45. The predicted octanol–water partition coefficient (Wildman–Crippen LogP) is 3.20. The third kappa shape index (κ3) is 2.86. The summed E-state index contributed by atoms with van der Waals surface area (Å²) in [6, 6.07) is 0.514. The smallest absolute Gasteiger partial charge is 0.275 e. The second-order valence-electron chi connectivity index (χ2n) is 6.81. The fourth-order valence-corrected chi connectivity index (χ4v) is 3.69. The maximum Gasteiger partial charge on any atom is 0.275 e. The van der Waals surface area contributed by atoms with E-state index in [1.807, 2.05) is 24.1 Å². The maximum atomic E-state index is 12.6. The van der Waals surface area contributed by atoms with Crippen molar-refractivity contribution in [3.8, 4) is 10.6 Å². The molecule has 0 aliphatic heterocycles. The zero-order valence-corrected chi connectivity index (χ0v) is 14.7. The maximum absolute atomic E-state index is 12.6. The van der Waals surface area contributed by atoms with Crippen LogP contribution in [0.3, 0.4) is 0 Å². The van der Waals surface area contributed by atoms with Crippen molar-refractivity contribution in [1.82, 2.24) is 24.5 Å². The number of rotatable bonds is 5. The van der Waals surface area contributed by atoms with E-state index in [1.165, 1.54) is 24.2 Å². The molecular weight excluding hydrogens is 336 g/mol. The van der Waals surface area contributed by atoms with E-state index in [4.69, 9.17) is 5.10 Å². The van der Waals surface area contributed by atoms with Gasteiger partial charge in [-0.05, 0) is 25.7 Å². The first-order chi connectivity index (χ1) is 12.2. The summed E-state index contributed by atoms with van der Waals surface area (Å²) in [7, 11) is 1.86. The summed E-state index contributed by atoms with van der Waals surface area (Å²) in [5.41, 5.74) is 3.23. The lowest BCUT2D eigenvalue weighted by Crippen LogP contribution is -2.13. The number of aryl methyl sites for hydroxylation is 1. The molecule has 0 aromatic carbocycles. The first kappa shape index (κ1) is 14.8. The highest BCUT2D eigenvalue weighted by Gasteiger charge is 2.33. The quantitative estimate of drug-likeness (QED) is 0.763. The molecule has 1 N–H and O–H groups in total. The number of hydrogen-bond donors (Lipinski definition) is 1. The Morgan fingerprint density at radius 2 is 2.12 bits per heavy atom. The van der Waals surface area contributed by atoms with Gasteiger partial charge in [-0.3, -0.25) is 14.2 Å². The van der Waals surface area contributed by atoms with E-state index >= 15 is 0 Å². The van der Waals surface area contributed by atoms with Gasteiger partial charge < -0.3 is 5.32 Å². The molecule has 2 fully saturated rings. The minimum Gasteiger partial charge on any atom is -0.318 e. The molecule has 7 nitrogen and oxygen atoms in total. The van der Waals surface area contributed by atoms with Crippen LogP contribution >= 0.6 is 11.3 Å². The lowest BCUT2D eigenvalue weighted by molar-refractivity contribution is 0.102. The van der Waals surface area contributed by atoms with Gasteiger partial charge in [-0.25, -0.2) is 4.98 Å². The normalized spacial score (nSPS) is 17.0. The summed E-state index contributed by atoms with van der Waals surface area (Å²) < 4.78 is 3.75. The summed E-state index contributed by atoms with van der Waals surface area (Å²) in [5.74, 6) is 0.320. The lowest BCUT2D eigenvalue weighted by Gasteiger charge is -2.02. The molecule has 0 radical (unpaired) electrons.